The van der Waals surface area contributed by atoms with Gasteiger partial charge in [-0.3, -0.25) is 9.59 Å². The Morgan fingerprint density at radius 2 is 1.95 bits per heavy atom. The van der Waals surface area contributed by atoms with Gasteiger partial charge >= 0.3 is 5.97 Å². The quantitative estimate of drug-likeness (QED) is 0.690. The maximum absolute atomic E-state index is 12.3. The van der Waals surface area contributed by atoms with E-state index in [1.807, 2.05) is 24.3 Å². The lowest BCUT2D eigenvalue weighted by atomic mass is 10.1. The minimum atomic E-state index is -0.319. The van der Waals surface area contributed by atoms with E-state index in [2.05, 4.69) is 0 Å². The molecule has 0 N–H and O–H groups in total. The lowest BCUT2D eigenvalue weighted by molar-refractivity contribution is -0.149. The van der Waals surface area contributed by atoms with Crippen LogP contribution in [0.5, 0.6) is 0 Å². The van der Waals surface area contributed by atoms with Crippen molar-refractivity contribution < 1.29 is 14.3 Å². The van der Waals surface area contributed by atoms with Crippen LogP contribution in [0.1, 0.15) is 38.2 Å². The van der Waals surface area contributed by atoms with Gasteiger partial charge in [-0.25, -0.2) is 0 Å². The number of carbonyl (C=O) groups is 2. The summed E-state index contributed by atoms with van der Waals surface area (Å²) in [6.45, 7) is 2.20. The number of esters is 1. The minimum absolute atomic E-state index is 0.0458. The summed E-state index contributed by atoms with van der Waals surface area (Å²) in [5.74, 6) is -0.273. The Bertz CT molecular complexity index is 511. The summed E-state index contributed by atoms with van der Waals surface area (Å²) in [6, 6.07) is 7.90. The second-order valence-electron chi connectivity index (χ2n) is 5.54. The van der Waals surface area contributed by atoms with Crippen LogP contribution in [-0.2, 0) is 20.7 Å². The molecule has 0 atom stereocenters. The fraction of sp³-hybridized carbons (Fsp3) is 0.529. The largest absolute Gasteiger partial charge is 0.465 e. The number of amides is 1. The lowest BCUT2D eigenvalue weighted by Gasteiger charge is -2.21. The van der Waals surface area contributed by atoms with E-state index in [4.69, 9.17) is 16.3 Å². The summed E-state index contributed by atoms with van der Waals surface area (Å²) < 4.78 is 4.94. The number of rotatable bonds is 8. The van der Waals surface area contributed by atoms with Gasteiger partial charge in [-0.2, -0.15) is 0 Å². The Hall–Kier alpha value is -1.55. The molecular weight excluding hydrogens is 302 g/mol. The molecule has 1 fully saturated rings. The van der Waals surface area contributed by atoms with Gasteiger partial charge in [0.1, 0.15) is 6.54 Å². The van der Waals surface area contributed by atoms with Crippen molar-refractivity contribution in [1.29, 1.82) is 0 Å². The molecule has 2 rings (SSSR count). The zero-order valence-electron chi connectivity index (χ0n) is 12.9. The third-order valence-corrected chi connectivity index (χ3v) is 3.93. The number of hydrogen-bond acceptors (Lipinski definition) is 3. The lowest BCUT2D eigenvalue weighted by Crippen LogP contribution is -2.38. The normalized spacial score (nSPS) is 13.7. The minimum Gasteiger partial charge on any atom is -0.465 e. The topological polar surface area (TPSA) is 46.6 Å². The zero-order chi connectivity index (χ0) is 15.9. The SMILES string of the molecule is CCOC(=O)CN(C(=O)CCCc1ccc(Cl)cc1)C1CC1. The molecule has 0 aliphatic heterocycles. The van der Waals surface area contributed by atoms with Crippen molar-refractivity contribution in [1.82, 2.24) is 4.90 Å². The molecule has 1 aromatic rings. The highest BCUT2D eigenvalue weighted by molar-refractivity contribution is 6.30. The second-order valence-corrected chi connectivity index (χ2v) is 5.97. The summed E-state index contributed by atoms with van der Waals surface area (Å²) in [7, 11) is 0. The fourth-order valence-corrected chi connectivity index (χ4v) is 2.52. The van der Waals surface area contributed by atoms with Gasteiger partial charge in [0.2, 0.25) is 5.91 Å². The van der Waals surface area contributed by atoms with Crippen LogP contribution in [0.4, 0.5) is 0 Å². The van der Waals surface area contributed by atoms with Gasteiger partial charge in [-0.05, 0) is 50.3 Å². The average molecular weight is 324 g/mol. The third kappa shape index (κ3) is 5.34. The van der Waals surface area contributed by atoms with Crippen LogP contribution < -0.4 is 0 Å². The number of benzene rings is 1. The maximum atomic E-state index is 12.3. The Morgan fingerprint density at radius 3 is 2.55 bits per heavy atom. The summed E-state index contributed by atoms with van der Waals surface area (Å²) >= 11 is 5.85. The molecule has 0 heterocycles. The molecule has 1 saturated carbocycles. The van der Waals surface area contributed by atoms with Crippen molar-refractivity contribution in [2.75, 3.05) is 13.2 Å². The molecule has 1 amide bonds. The van der Waals surface area contributed by atoms with E-state index < -0.39 is 0 Å². The number of aryl methyl sites for hydroxylation is 1. The van der Waals surface area contributed by atoms with E-state index in [-0.39, 0.29) is 24.5 Å². The van der Waals surface area contributed by atoms with E-state index in [0.29, 0.717) is 18.1 Å². The van der Waals surface area contributed by atoms with Crippen molar-refractivity contribution in [3.8, 4) is 0 Å². The van der Waals surface area contributed by atoms with Crippen molar-refractivity contribution in [3.63, 3.8) is 0 Å². The van der Waals surface area contributed by atoms with Crippen molar-refractivity contribution in [3.05, 3.63) is 34.9 Å². The van der Waals surface area contributed by atoms with E-state index in [1.54, 1.807) is 11.8 Å². The first kappa shape index (κ1) is 16.8. The second kappa shape index (κ2) is 8.18. The van der Waals surface area contributed by atoms with Crippen LogP contribution in [-0.4, -0.2) is 36.0 Å². The average Bonchev–Trinajstić information content (AvgIpc) is 3.31. The van der Waals surface area contributed by atoms with E-state index >= 15 is 0 Å². The van der Waals surface area contributed by atoms with E-state index in [0.717, 1.165) is 25.7 Å². The van der Waals surface area contributed by atoms with Crippen molar-refractivity contribution >= 4 is 23.5 Å². The van der Waals surface area contributed by atoms with Gasteiger partial charge in [0.25, 0.3) is 0 Å². The number of ether oxygens (including phenoxy) is 1. The monoisotopic (exact) mass is 323 g/mol. The molecule has 120 valence electrons. The molecule has 22 heavy (non-hydrogen) atoms. The molecule has 0 bridgehead atoms. The first-order chi connectivity index (χ1) is 10.6. The number of halogens is 1. The molecule has 0 aromatic heterocycles. The van der Waals surface area contributed by atoms with Gasteiger partial charge in [0.15, 0.2) is 0 Å². The Kier molecular flexibility index (Phi) is 6.25. The van der Waals surface area contributed by atoms with Gasteiger partial charge in [0.05, 0.1) is 6.61 Å². The van der Waals surface area contributed by atoms with Crippen LogP contribution in [0.15, 0.2) is 24.3 Å². The highest BCUT2D eigenvalue weighted by atomic mass is 35.5. The summed E-state index contributed by atoms with van der Waals surface area (Å²) in [4.78, 5) is 25.6. The molecule has 1 aliphatic carbocycles. The van der Waals surface area contributed by atoms with Gasteiger partial charge in [0, 0.05) is 17.5 Å². The predicted octanol–water partition coefficient (Wildman–Crippen LogP) is 3.22. The summed E-state index contributed by atoms with van der Waals surface area (Å²) in [5.41, 5.74) is 1.17. The number of hydrogen-bond donors (Lipinski definition) is 0. The molecule has 1 aliphatic rings. The Morgan fingerprint density at radius 1 is 1.27 bits per heavy atom. The molecule has 4 nitrogen and oxygen atoms in total. The molecule has 5 heteroatoms. The fourth-order valence-electron chi connectivity index (χ4n) is 2.39. The van der Waals surface area contributed by atoms with Crippen molar-refractivity contribution in [2.24, 2.45) is 0 Å². The Labute approximate surface area is 136 Å². The van der Waals surface area contributed by atoms with Crippen LogP contribution in [0.25, 0.3) is 0 Å². The van der Waals surface area contributed by atoms with Crippen LogP contribution >= 0.6 is 11.6 Å². The van der Waals surface area contributed by atoms with Crippen LogP contribution in [0.3, 0.4) is 0 Å². The Balaban J connectivity index is 1.78. The number of carbonyl (C=O) groups excluding carboxylic acids is 2. The maximum Gasteiger partial charge on any atom is 0.325 e. The zero-order valence-corrected chi connectivity index (χ0v) is 13.6. The van der Waals surface area contributed by atoms with E-state index in [9.17, 15) is 9.59 Å². The molecule has 0 unspecified atom stereocenters. The molecular formula is C17H22ClNO3. The number of nitrogens with zero attached hydrogens (tertiary/aromatic N) is 1. The molecule has 0 spiro atoms. The van der Waals surface area contributed by atoms with Crippen LogP contribution in [0.2, 0.25) is 5.02 Å². The van der Waals surface area contributed by atoms with Gasteiger partial charge < -0.3 is 9.64 Å². The van der Waals surface area contributed by atoms with Gasteiger partial charge in [-0.15, -0.1) is 0 Å². The van der Waals surface area contributed by atoms with Crippen LogP contribution in [0, 0.1) is 0 Å². The molecule has 1 aromatic carbocycles. The highest BCUT2D eigenvalue weighted by Crippen LogP contribution is 2.27. The predicted molar refractivity (Wildman–Crippen MR) is 85.8 cm³/mol. The highest BCUT2D eigenvalue weighted by Gasteiger charge is 2.33. The first-order valence-electron chi connectivity index (χ1n) is 7.79. The smallest absolute Gasteiger partial charge is 0.325 e. The standard InChI is InChI=1S/C17H22ClNO3/c1-2-22-17(21)12-19(15-10-11-15)16(20)5-3-4-13-6-8-14(18)9-7-13/h6-9,15H,2-5,10-12H2,1H3. The van der Waals surface area contributed by atoms with Gasteiger partial charge in [-0.1, -0.05) is 23.7 Å². The molecule has 0 saturated heterocycles. The first-order valence-corrected chi connectivity index (χ1v) is 8.17. The van der Waals surface area contributed by atoms with E-state index in [1.165, 1.54) is 5.56 Å². The summed E-state index contributed by atoms with van der Waals surface area (Å²) in [5, 5.41) is 0.717. The van der Waals surface area contributed by atoms with Crippen molar-refractivity contribution in [2.45, 2.75) is 45.1 Å². The third-order valence-electron chi connectivity index (χ3n) is 3.68. The molecule has 0 radical (unpaired) electrons. The summed E-state index contributed by atoms with van der Waals surface area (Å²) in [6.07, 6.45) is 4.04.